The average molecular weight is 356 g/mol. The number of aliphatic hydroxyl groups excluding tert-OH is 1. The van der Waals surface area contributed by atoms with Crippen LogP contribution in [0, 0.1) is 0 Å². The smallest absolute Gasteiger partial charge is 0.151 e. The summed E-state index contributed by atoms with van der Waals surface area (Å²) in [6.07, 6.45) is 1.93. The third-order valence-electron chi connectivity index (χ3n) is 3.46. The average Bonchev–Trinajstić information content (AvgIpc) is 2.42. The molecular weight excluding hydrogens is 344 g/mol. The number of halogens is 2. The van der Waals surface area contributed by atoms with Gasteiger partial charge in [-0.2, -0.15) is 0 Å². The number of pyridine rings is 1. The van der Waals surface area contributed by atoms with Gasteiger partial charge in [-0.25, -0.2) is 4.98 Å². The first-order valence-electron chi connectivity index (χ1n) is 6.08. The molecule has 3 rings (SSSR count). The zero-order valence-corrected chi connectivity index (χ0v) is 12.8. The number of ether oxygens (including phenoxy) is 1. The Bertz CT molecular complexity index is 627. The molecule has 3 N–H and O–H groups in total. The van der Waals surface area contributed by atoms with Crippen molar-refractivity contribution in [1.82, 2.24) is 4.98 Å². The Labute approximate surface area is 129 Å². The number of aliphatic hydroxyl groups is 1. The van der Waals surface area contributed by atoms with Crippen LogP contribution in [0.15, 0.2) is 34.9 Å². The van der Waals surface area contributed by atoms with Gasteiger partial charge in [0.05, 0.1) is 11.7 Å². The van der Waals surface area contributed by atoms with E-state index in [1.54, 1.807) is 12.3 Å². The molecule has 0 radical (unpaired) electrons. The minimum Gasteiger partial charge on any atom is -0.455 e. The Morgan fingerprint density at radius 1 is 1.30 bits per heavy atom. The van der Waals surface area contributed by atoms with Gasteiger partial charge >= 0.3 is 0 Å². The molecule has 2 aromatic rings. The molecule has 0 aliphatic carbocycles. The molecule has 1 aliphatic rings. The van der Waals surface area contributed by atoms with E-state index in [1.165, 1.54) is 0 Å². The van der Waals surface area contributed by atoms with Gasteiger partial charge in [0, 0.05) is 22.2 Å². The summed E-state index contributed by atoms with van der Waals surface area (Å²) in [5, 5.41) is 9.74. The molecule has 20 heavy (non-hydrogen) atoms. The number of hydrogen-bond acceptors (Lipinski definition) is 4. The van der Waals surface area contributed by atoms with Crippen molar-refractivity contribution < 1.29 is 9.84 Å². The van der Waals surface area contributed by atoms with Gasteiger partial charge in [-0.1, -0.05) is 27.5 Å². The van der Waals surface area contributed by atoms with E-state index in [2.05, 4.69) is 20.9 Å². The first-order valence-corrected chi connectivity index (χ1v) is 7.25. The van der Waals surface area contributed by atoms with Crippen molar-refractivity contribution in [2.75, 3.05) is 6.61 Å². The number of nitrogens with zero attached hydrogens (tertiary/aromatic N) is 1. The summed E-state index contributed by atoms with van der Waals surface area (Å²) in [6.45, 7) is -0.0398. The number of aromatic nitrogens is 1. The molecule has 104 valence electrons. The van der Waals surface area contributed by atoms with Gasteiger partial charge in [0.1, 0.15) is 10.9 Å². The molecule has 0 spiro atoms. The fraction of sp³-hybridized carbons (Fsp3) is 0.214. The van der Waals surface area contributed by atoms with Crippen molar-refractivity contribution >= 4 is 27.5 Å². The van der Waals surface area contributed by atoms with Gasteiger partial charge in [-0.3, -0.25) is 0 Å². The molecule has 0 fully saturated rings. The lowest BCUT2D eigenvalue weighted by atomic mass is 9.79. The fourth-order valence-electron chi connectivity index (χ4n) is 2.50. The summed E-state index contributed by atoms with van der Waals surface area (Å²) in [4.78, 5) is 4.02. The predicted octanol–water partition coefficient (Wildman–Crippen LogP) is 3.19. The van der Waals surface area contributed by atoms with E-state index in [0.29, 0.717) is 23.1 Å². The van der Waals surface area contributed by atoms with Crippen LogP contribution in [0.2, 0.25) is 5.15 Å². The lowest BCUT2D eigenvalue weighted by Crippen LogP contribution is -2.41. The minimum absolute atomic E-state index is 0.0398. The van der Waals surface area contributed by atoms with Crippen LogP contribution in [0.1, 0.15) is 17.5 Å². The van der Waals surface area contributed by atoms with E-state index in [-0.39, 0.29) is 6.61 Å². The van der Waals surface area contributed by atoms with Crippen molar-refractivity contribution in [2.24, 2.45) is 5.73 Å². The monoisotopic (exact) mass is 354 g/mol. The molecule has 0 bridgehead atoms. The summed E-state index contributed by atoms with van der Waals surface area (Å²) in [5.74, 6) is 1.24. The molecule has 2 heterocycles. The third-order valence-corrected chi connectivity index (χ3v) is 4.16. The molecular formula is C14H12BrClN2O2. The van der Waals surface area contributed by atoms with Crippen LogP contribution in [0.25, 0.3) is 0 Å². The fourth-order valence-corrected chi connectivity index (χ4v) is 3.02. The van der Waals surface area contributed by atoms with E-state index in [9.17, 15) is 5.11 Å². The van der Waals surface area contributed by atoms with Crippen molar-refractivity contribution in [1.29, 1.82) is 0 Å². The zero-order valence-electron chi connectivity index (χ0n) is 10.4. The van der Waals surface area contributed by atoms with Gasteiger partial charge in [-0.05, 0) is 30.7 Å². The maximum Gasteiger partial charge on any atom is 0.151 e. The topological polar surface area (TPSA) is 68.4 Å². The highest BCUT2D eigenvalue weighted by Crippen LogP contribution is 2.47. The van der Waals surface area contributed by atoms with E-state index in [4.69, 9.17) is 22.1 Å². The summed E-state index contributed by atoms with van der Waals surface area (Å²) < 4.78 is 6.72. The van der Waals surface area contributed by atoms with Crippen molar-refractivity contribution in [3.8, 4) is 11.5 Å². The molecule has 1 atom stereocenters. The Morgan fingerprint density at radius 2 is 2.05 bits per heavy atom. The highest BCUT2D eigenvalue weighted by Gasteiger charge is 2.39. The van der Waals surface area contributed by atoms with E-state index < -0.39 is 5.54 Å². The highest BCUT2D eigenvalue weighted by atomic mass is 79.9. The molecule has 4 nitrogen and oxygen atoms in total. The number of nitrogens with two attached hydrogens (primary N) is 1. The SMILES string of the molecule is NC1(CCO)c2cc(Br)ccc2Oc2cnc(Cl)cc21. The second-order valence-electron chi connectivity index (χ2n) is 4.69. The molecule has 1 aromatic heterocycles. The molecule has 0 saturated heterocycles. The van der Waals surface area contributed by atoms with Crippen LogP contribution in [0.5, 0.6) is 11.5 Å². The summed E-state index contributed by atoms with van der Waals surface area (Å²) in [6, 6.07) is 7.32. The summed E-state index contributed by atoms with van der Waals surface area (Å²) >= 11 is 9.40. The Kier molecular flexibility index (Phi) is 3.46. The third kappa shape index (κ3) is 2.11. The second-order valence-corrected chi connectivity index (χ2v) is 5.99. The van der Waals surface area contributed by atoms with Crippen LogP contribution >= 0.6 is 27.5 Å². The van der Waals surface area contributed by atoms with E-state index in [1.807, 2.05) is 18.2 Å². The summed E-state index contributed by atoms with van der Waals surface area (Å²) in [5.41, 5.74) is 7.28. The Morgan fingerprint density at radius 3 is 2.80 bits per heavy atom. The summed E-state index contributed by atoms with van der Waals surface area (Å²) in [7, 11) is 0. The number of hydrogen-bond donors (Lipinski definition) is 2. The van der Waals surface area contributed by atoms with Gasteiger partial charge in [-0.15, -0.1) is 0 Å². The lowest BCUT2D eigenvalue weighted by molar-refractivity contribution is 0.246. The number of benzene rings is 1. The van der Waals surface area contributed by atoms with Crippen LogP contribution in [-0.2, 0) is 5.54 Å². The molecule has 1 aliphatic heterocycles. The first kappa shape index (κ1) is 13.8. The first-order chi connectivity index (χ1) is 9.54. The second kappa shape index (κ2) is 5.00. The van der Waals surface area contributed by atoms with Gasteiger partial charge in [0.25, 0.3) is 0 Å². The maximum atomic E-state index is 9.39. The highest BCUT2D eigenvalue weighted by molar-refractivity contribution is 9.10. The van der Waals surface area contributed by atoms with E-state index in [0.717, 1.165) is 15.6 Å². The van der Waals surface area contributed by atoms with Crippen LogP contribution in [0.3, 0.4) is 0 Å². The van der Waals surface area contributed by atoms with Crippen LogP contribution < -0.4 is 10.5 Å². The predicted molar refractivity (Wildman–Crippen MR) is 80.1 cm³/mol. The Hall–Kier alpha value is -1.14. The number of fused-ring (bicyclic) bond motifs is 2. The largest absolute Gasteiger partial charge is 0.455 e. The molecule has 0 amide bonds. The van der Waals surface area contributed by atoms with Crippen molar-refractivity contribution in [3.63, 3.8) is 0 Å². The van der Waals surface area contributed by atoms with Gasteiger partial charge in [0.2, 0.25) is 0 Å². The van der Waals surface area contributed by atoms with Crippen molar-refractivity contribution in [2.45, 2.75) is 12.0 Å². The molecule has 6 heteroatoms. The Balaban J connectivity index is 2.26. The van der Waals surface area contributed by atoms with E-state index >= 15 is 0 Å². The van der Waals surface area contributed by atoms with Crippen LogP contribution in [-0.4, -0.2) is 16.7 Å². The normalized spacial score (nSPS) is 20.0. The lowest BCUT2D eigenvalue weighted by Gasteiger charge is -2.36. The van der Waals surface area contributed by atoms with Gasteiger partial charge in [0.15, 0.2) is 5.75 Å². The molecule has 0 saturated carbocycles. The zero-order chi connectivity index (χ0) is 14.3. The van der Waals surface area contributed by atoms with Crippen molar-refractivity contribution in [3.05, 3.63) is 51.2 Å². The molecule has 1 unspecified atom stereocenters. The quantitative estimate of drug-likeness (QED) is 0.812. The van der Waals surface area contributed by atoms with Gasteiger partial charge < -0.3 is 15.6 Å². The number of rotatable bonds is 2. The van der Waals surface area contributed by atoms with Crippen LogP contribution in [0.4, 0.5) is 0 Å². The maximum absolute atomic E-state index is 9.39. The standard InChI is InChI=1S/C14H12BrClN2O2/c15-8-1-2-11-9(5-8)14(17,3-4-19)10-6-13(16)18-7-12(10)20-11/h1-2,5-7,19H,3-4,17H2. The molecule has 1 aromatic carbocycles. The minimum atomic E-state index is -0.853.